The van der Waals surface area contributed by atoms with E-state index < -0.39 is 11.8 Å². The number of benzene rings is 1. The summed E-state index contributed by atoms with van der Waals surface area (Å²) in [6.07, 6.45) is 7.99. The molecule has 184 valence electrons. The number of pyridine rings is 1. The van der Waals surface area contributed by atoms with Crippen LogP contribution in [0.3, 0.4) is 0 Å². The summed E-state index contributed by atoms with van der Waals surface area (Å²) in [7, 11) is 1.85. The van der Waals surface area contributed by atoms with Crippen LogP contribution in [-0.2, 0) is 0 Å². The third kappa shape index (κ3) is 5.43. The van der Waals surface area contributed by atoms with Gasteiger partial charge in [-0.2, -0.15) is 4.39 Å². The first-order valence-corrected chi connectivity index (χ1v) is 12.9. The molecule has 2 aliphatic rings. The zero-order valence-corrected chi connectivity index (χ0v) is 21.2. The number of nitrogens with one attached hydrogen (secondary N) is 2. The lowest BCUT2D eigenvalue weighted by Gasteiger charge is -2.30. The van der Waals surface area contributed by atoms with E-state index in [1.807, 2.05) is 23.4 Å². The van der Waals surface area contributed by atoms with E-state index in [0.717, 1.165) is 29.3 Å². The minimum Gasteiger partial charge on any atom is -0.458 e. The molecule has 0 bridgehead atoms. The second-order valence-electron chi connectivity index (χ2n) is 7.76. The molecule has 1 aromatic carbocycles. The number of nitrogens with zero attached hydrogens (tertiary/aromatic N) is 4. The van der Waals surface area contributed by atoms with Crippen LogP contribution in [0.5, 0.6) is 5.75 Å². The summed E-state index contributed by atoms with van der Waals surface area (Å²) < 4.78 is 38.0. The van der Waals surface area contributed by atoms with Crippen LogP contribution in [-0.4, -0.2) is 39.3 Å². The Morgan fingerprint density at radius 1 is 1.19 bits per heavy atom. The molecular formula is C24H19ClF2N6OS2. The average molecular weight is 545 g/mol. The van der Waals surface area contributed by atoms with Gasteiger partial charge in [0.2, 0.25) is 5.95 Å². The third-order valence-corrected chi connectivity index (χ3v) is 7.17. The van der Waals surface area contributed by atoms with Crippen LogP contribution in [0.4, 0.5) is 8.78 Å². The summed E-state index contributed by atoms with van der Waals surface area (Å²) in [5, 5.41) is 5.31. The molecule has 2 N–H and O–H groups in total. The molecule has 0 amide bonds. The molecule has 0 fully saturated rings. The Kier molecular flexibility index (Phi) is 7.30. The van der Waals surface area contributed by atoms with Gasteiger partial charge in [0, 0.05) is 65.6 Å². The molecule has 0 unspecified atom stereocenters. The molecule has 3 aromatic rings. The molecule has 4 heterocycles. The molecule has 2 aromatic heterocycles. The van der Waals surface area contributed by atoms with E-state index in [4.69, 9.17) is 16.3 Å². The molecule has 0 saturated heterocycles. The molecule has 2 aliphatic heterocycles. The SMILES string of the molecule is CN1CC(Oc2cc(F)c(SNC3=CSCN3)cc2Cl)=C(c2cncnc2)C=C1c1ccnc(F)c1. The zero-order valence-electron chi connectivity index (χ0n) is 18.8. The van der Waals surface area contributed by atoms with E-state index in [2.05, 4.69) is 25.0 Å². The highest BCUT2D eigenvalue weighted by molar-refractivity contribution is 8.02. The van der Waals surface area contributed by atoms with Crippen molar-refractivity contribution in [1.29, 1.82) is 0 Å². The minimum absolute atomic E-state index is 0.178. The monoisotopic (exact) mass is 544 g/mol. The summed E-state index contributed by atoms with van der Waals surface area (Å²) in [6.45, 7) is 0.313. The molecule has 7 nitrogen and oxygen atoms in total. The first-order valence-electron chi connectivity index (χ1n) is 10.7. The van der Waals surface area contributed by atoms with E-state index in [1.165, 1.54) is 30.7 Å². The summed E-state index contributed by atoms with van der Waals surface area (Å²) in [6, 6.07) is 5.87. The Balaban J connectivity index is 1.48. The summed E-state index contributed by atoms with van der Waals surface area (Å²) in [5.41, 5.74) is 2.78. The quantitative estimate of drug-likeness (QED) is 0.305. The van der Waals surface area contributed by atoms with Crippen molar-refractivity contribution >= 4 is 46.6 Å². The highest BCUT2D eigenvalue weighted by Crippen LogP contribution is 2.37. The number of halogens is 3. The first kappa shape index (κ1) is 24.4. The van der Waals surface area contributed by atoms with Crippen LogP contribution in [0, 0.1) is 11.8 Å². The van der Waals surface area contributed by atoms with Gasteiger partial charge in [0.15, 0.2) is 0 Å². The summed E-state index contributed by atoms with van der Waals surface area (Å²) >= 11 is 9.23. The Hall–Kier alpha value is -3.28. The van der Waals surface area contributed by atoms with Gasteiger partial charge >= 0.3 is 0 Å². The van der Waals surface area contributed by atoms with Crippen molar-refractivity contribution in [2.75, 3.05) is 19.5 Å². The standard InChI is InChI=1S/C24H19ClF2N6OS2/c1-33-10-21(34-20-7-18(26)22(6-17(20)25)36-32-24-11-35-13-31-24)16(15-8-28-12-29-9-15)5-19(33)14-2-3-30-23(27)4-14/h2-9,11-12,31-32H,10,13H2,1H3. The number of thioether (sulfide) groups is 1. The number of ether oxygens (including phenoxy) is 1. The van der Waals surface area contributed by atoms with Crippen molar-refractivity contribution in [3.63, 3.8) is 0 Å². The molecule has 36 heavy (non-hydrogen) atoms. The van der Waals surface area contributed by atoms with Crippen molar-refractivity contribution in [2.45, 2.75) is 4.90 Å². The van der Waals surface area contributed by atoms with Gasteiger partial charge in [0.1, 0.15) is 29.5 Å². The van der Waals surface area contributed by atoms with Gasteiger partial charge in [0.25, 0.3) is 0 Å². The predicted molar refractivity (Wildman–Crippen MR) is 138 cm³/mol. The molecule has 0 aliphatic carbocycles. The Labute approximate surface area is 219 Å². The highest BCUT2D eigenvalue weighted by Gasteiger charge is 2.24. The topological polar surface area (TPSA) is 75.2 Å². The number of rotatable bonds is 7. The van der Waals surface area contributed by atoms with Gasteiger partial charge in [-0.15, -0.1) is 11.8 Å². The second kappa shape index (κ2) is 10.8. The second-order valence-corrected chi connectivity index (χ2v) is 9.87. The van der Waals surface area contributed by atoms with Crippen LogP contribution >= 0.6 is 35.3 Å². The lowest BCUT2D eigenvalue weighted by Crippen LogP contribution is -2.26. The average Bonchev–Trinajstić information content (AvgIpc) is 3.40. The largest absolute Gasteiger partial charge is 0.458 e. The van der Waals surface area contributed by atoms with E-state index in [9.17, 15) is 8.78 Å². The third-order valence-electron chi connectivity index (χ3n) is 5.31. The van der Waals surface area contributed by atoms with Gasteiger partial charge in [-0.1, -0.05) is 11.6 Å². The van der Waals surface area contributed by atoms with Crippen LogP contribution in [0.1, 0.15) is 11.1 Å². The number of hydrogen-bond acceptors (Lipinski definition) is 9. The van der Waals surface area contributed by atoms with E-state index in [1.54, 1.807) is 30.2 Å². The molecule has 5 rings (SSSR count). The fraction of sp³-hybridized carbons (Fsp3) is 0.125. The highest BCUT2D eigenvalue weighted by atomic mass is 35.5. The fourth-order valence-corrected chi connectivity index (χ4v) is 5.26. The summed E-state index contributed by atoms with van der Waals surface area (Å²) in [4.78, 5) is 14.1. The van der Waals surface area contributed by atoms with Gasteiger partial charge in [-0.3, -0.25) is 0 Å². The van der Waals surface area contributed by atoms with Crippen LogP contribution < -0.4 is 14.8 Å². The maximum absolute atomic E-state index is 14.9. The normalized spacial score (nSPS) is 15.4. The zero-order chi connectivity index (χ0) is 25.1. The van der Waals surface area contributed by atoms with Crippen molar-refractivity contribution in [3.8, 4) is 5.75 Å². The van der Waals surface area contributed by atoms with Crippen molar-refractivity contribution in [2.24, 2.45) is 0 Å². The maximum atomic E-state index is 14.9. The molecule has 0 saturated carbocycles. The lowest BCUT2D eigenvalue weighted by molar-refractivity contribution is 0.359. The number of likely N-dealkylation sites (N-methyl/N-ethyl adjacent to an activating group) is 1. The number of hydrogen-bond donors (Lipinski definition) is 2. The Morgan fingerprint density at radius 3 is 2.78 bits per heavy atom. The predicted octanol–water partition coefficient (Wildman–Crippen LogP) is 5.27. The van der Waals surface area contributed by atoms with Gasteiger partial charge in [0.05, 0.1) is 22.3 Å². The summed E-state index contributed by atoms with van der Waals surface area (Å²) in [5.74, 6) is 1.22. The molecule has 0 spiro atoms. The van der Waals surface area contributed by atoms with E-state index in [-0.39, 0.29) is 10.8 Å². The molecule has 0 radical (unpaired) electrons. The Bertz CT molecular complexity index is 1390. The molecule has 12 heteroatoms. The van der Waals surface area contributed by atoms with Gasteiger partial charge < -0.3 is 19.7 Å². The van der Waals surface area contributed by atoms with Crippen molar-refractivity contribution in [3.05, 3.63) is 100 Å². The number of allylic oxidation sites excluding steroid dienone is 2. The Morgan fingerprint density at radius 2 is 2.03 bits per heavy atom. The van der Waals surface area contributed by atoms with Crippen LogP contribution in [0.2, 0.25) is 5.02 Å². The van der Waals surface area contributed by atoms with Gasteiger partial charge in [-0.25, -0.2) is 19.3 Å². The van der Waals surface area contributed by atoms with Crippen LogP contribution in [0.25, 0.3) is 11.3 Å². The van der Waals surface area contributed by atoms with E-state index >= 15 is 0 Å². The maximum Gasteiger partial charge on any atom is 0.213 e. The van der Waals surface area contributed by atoms with Crippen molar-refractivity contribution in [1.82, 2.24) is 29.9 Å². The smallest absolute Gasteiger partial charge is 0.213 e. The fourth-order valence-electron chi connectivity index (χ4n) is 3.60. The van der Waals surface area contributed by atoms with E-state index in [0.29, 0.717) is 33.9 Å². The first-order chi connectivity index (χ1) is 17.5. The van der Waals surface area contributed by atoms with Crippen molar-refractivity contribution < 1.29 is 13.5 Å². The lowest BCUT2D eigenvalue weighted by atomic mass is 9.99. The van der Waals surface area contributed by atoms with Gasteiger partial charge in [-0.05, 0) is 30.2 Å². The van der Waals surface area contributed by atoms with Crippen LogP contribution in [0.15, 0.2) is 77.1 Å². The minimum atomic E-state index is -0.578. The number of aromatic nitrogens is 3. The molecule has 0 atom stereocenters. The molecular weight excluding hydrogens is 526 g/mol.